The van der Waals surface area contributed by atoms with Crippen LogP contribution >= 0.6 is 0 Å². The number of carboxylic acids is 2. The van der Waals surface area contributed by atoms with Crippen molar-refractivity contribution < 1.29 is 29.3 Å². The summed E-state index contributed by atoms with van der Waals surface area (Å²) in [5, 5.41) is 26.6. The monoisotopic (exact) mass is 380 g/mol. The van der Waals surface area contributed by atoms with Gasteiger partial charge in [-0.3, -0.25) is 5.41 Å². The molecule has 0 aromatic heterocycles. The number of carboxylic acid groups (broad SMARTS) is 2. The molecule has 1 rings (SSSR count). The van der Waals surface area contributed by atoms with Crippen LogP contribution in [0.15, 0.2) is 30.3 Å². The molecule has 0 radical (unpaired) electrons. The van der Waals surface area contributed by atoms with Crippen LogP contribution in [0.4, 0.5) is 0 Å². The van der Waals surface area contributed by atoms with Crippen LogP contribution in [0.2, 0.25) is 0 Å². The van der Waals surface area contributed by atoms with Crippen molar-refractivity contribution in [3.8, 4) is 0 Å². The molecule has 0 spiro atoms. The molecular weight excluding hydrogens is 352 g/mol. The topological polar surface area (TPSA) is 120 Å². The molecule has 1 unspecified atom stereocenters. The molecule has 2 atom stereocenters. The van der Waals surface area contributed by atoms with Crippen molar-refractivity contribution in [3.63, 3.8) is 0 Å². The fraction of sp³-hybridized carbons (Fsp3) is 0.526. The van der Waals surface area contributed by atoms with Crippen molar-refractivity contribution in [2.75, 3.05) is 27.3 Å². The van der Waals surface area contributed by atoms with Crippen molar-refractivity contribution in [3.05, 3.63) is 35.9 Å². The Morgan fingerprint density at radius 3 is 2.30 bits per heavy atom. The Hall–Kier alpha value is -2.45. The number of benzene rings is 1. The van der Waals surface area contributed by atoms with E-state index in [2.05, 4.69) is 0 Å². The van der Waals surface area contributed by atoms with E-state index in [1.165, 1.54) is 13.4 Å². The summed E-state index contributed by atoms with van der Waals surface area (Å²) in [7, 11) is 3.22. The Bertz CT molecular complexity index is 608. The van der Waals surface area contributed by atoms with Gasteiger partial charge in [-0.1, -0.05) is 37.3 Å². The number of ether oxygens (including phenoxy) is 2. The van der Waals surface area contributed by atoms with E-state index in [-0.39, 0.29) is 18.9 Å². The molecule has 8 heteroatoms. The zero-order valence-electron chi connectivity index (χ0n) is 15.9. The number of hydrogen-bond donors (Lipinski definition) is 3. The second-order valence-electron chi connectivity index (χ2n) is 6.42. The first-order chi connectivity index (χ1) is 12.8. The van der Waals surface area contributed by atoms with Gasteiger partial charge in [0.2, 0.25) is 0 Å². The molecule has 0 bridgehead atoms. The van der Waals surface area contributed by atoms with E-state index in [0.29, 0.717) is 18.5 Å². The predicted octanol–water partition coefficient (Wildman–Crippen LogP) is 1.73. The van der Waals surface area contributed by atoms with E-state index in [4.69, 9.17) is 14.9 Å². The van der Waals surface area contributed by atoms with Crippen LogP contribution in [0.3, 0.4) is 0 Å². The van der Waals surface area contributed by atoms with E-state index >= 15 is 0 Å². The van der Waals surface area contributed by atoms with Gasteiger partial charge >= 0.3 is 11.9 Å². The maximum atomic E-state index is 11.8. The van der Waals surface area contributed by atoms with E-state index in [1.807, 2.05) is 6.92 Å². The molecule has 3 N–H and O–H groups in total. The van der Waals surface area contributed by atoms with E-state index < -0.39 is 23.6 Å². The average molecular weight is 380 g/mol. The third kappa shape index (κ3) is 6.04. The summed E-state index contributed by atoms with van der Waals surface area (Å²) in [5.41, 5.74) is -1.85. The van der Waals surface area contributed by atoms with Gasteiger partial charge < -0.3 is 24.6 Å². The number of aliphatic carboxylic acids is 2. The Balaban J connectivity index is 3.01. The molecule has 1 aromatic carbocycles. The summed E-state index contributed by atoms with van der Waals surface area (Å²) in [5.74, 6) is -3.17. The van der Waals surface area contributed by atoms with Crippen LogP contribution < -0.4 is 0 Å². The first-order valence-electron chi connectivity index (χ1n) is 8.69. The Kier molecular flexibility index (Phi) is 8.90. The average Bonchev–Trinajstić information content (AvgIpc) is 2.66. The Morgan fingerprint density at radius 2 is 1.85 bits per heavy atom. The number of nitrogens with zero attached hydrogens (tertiary/aromatic N) is 1. The van der Waals surface area contributed by atoms with Crippen molar-refractivity contribution >= 4 is 18.3 Å². The smallest absolute Gasteiger partial charge is 0.348 e. The third-order valence-corrected chi connectivity index (χ3v) is 4.58. The quantitative estimate of drug-likeness (QED) is 0.271. The highest BCUT2D eigenvalue weighted by atomic mass is 16.6. The van der Waals surface area contributed by atoms with E-state index in [9.17, 15) is 19.8 Å². The first kappa shape index (κ1) is 22.6. The highest BCUT2D eigenvalue weighted by Gasteiger charge is 2.49. The normalized spacial score (nSPS) is 13.6. The summed E-state index contributed by atoms with van der Waals surface area (Å²) < 4.78 is 10.9. The molecule has 27 heavy (non-hydrogen) atoms. The molecule has 0 saturated carbocycles. The van der Waals surface area contributed by atoms with Gasteiger partial charge in [-0.25, -0.2) is 9.59 Å². The minimum absolute atomic E-state index is 0.0568. The number of methoxy groups -OCH3 is 1. The van der Waals surface area contributed by atoms with Crippen LogP contribution in [0.1, 0.15) is 18.9 Å². The lowest BCUT2D eigenvalue weighted by molar-refractivity contribution is -0.189. The molecule has 150 valence electrons. The highest BCUT2D eigenvalue weighted by Crippen LogP contribution is 2.23. The first-order valence-corrected chi connectivity index (χ1v) is 8.69. The van der Waals surface area contributed by atoms with Gasteiger partial charge in [0.1, 0.15) is 0 Å². The summed E-state index contributed by atoms with van der Waals surface area (Å²) in [6.45, 7) is 2.26. The van der Waals surface area contributed by atoms with Crippen molar-refractivity contribution in [2.45, 2.75) is 31.5 Å². The number of carbonyl (C=O) groups is 2. The molecule has 0 aliphatic heterocycles. The minimum atomic E-state index is -2.40. The summed E-state index contributed by atoms with van der Waals surface area (Å²) in [4.78, 5) is 25.4. The van der Waals surface area contributed by atoms with E-state index in [0.717, 1.165) is 0 Å². The van der Waals surface area contributed by atoms with Gasteiger partial charge in [-0.2, -0.15) is 0 Å². The molecule has 0 saturated heterocycles. The van der Waals surface area contributed by atoms with Gasteiger partial charge in [-0.15, -0.1) is 0 Å². The van der Waals surface area contributed by atoms with Gasteiger partial charge in [0.25, 0.3) is 5.60 Å². The summed E-state index contributed by atoms with van der Waals surface area (Å²) >= 11 is 0. The van der Waals surface area contributed by atoms with Crippen LogP contribution in [0, 0.1) is 11.3 Å². The maximum Gasteiger partial charge on any atom is 0.348 e. The standard InChI is InChI=1S/C19H28N2O6/c1-4-15(11-21(2)13-20)16(26-3)12-27-19(17(22)23,18(24)25)10-14-8-6-5-7-9-14/h5-9,13,15-16,20H,4,10-12H2,1-3H3,(H,22,23)(H,24,25)/t15-,16?/m1/s1. The Labute approximate surface area is 159 Å². The third-order valence-electron chi connectivity index (χ3n) is 4.58. The lowest BCUT2D eigenvalue weighted by Crippen LogP contribution is -2.53. The zero-order valence-corrected chi connectivity index (χ0v) is 15.9. The largest absolute Gasteiger partial charge is 0.479 e. The fourth-order valence-corrected chi connectivity index (χ4v) is 2.85. The molecule has 0 aliphatic rings. The van der Waals surface area contributed by atoms with Crippen molar-refractivity contribution in [1.82, 2.24) is 4.90 Å². The molecule has 0 heterocycles. The van der Waals surface area contributed by atoms with Gasteiger partial charge in [0, 0.05) is 33.0 Å². The molecule has 0 fully saturated rings. The fourth-order valence-electron chi connectivity index (χ4n) is 2.85. The van der Waals surface area contributed by atoms with E-state index in [1.54, 1.807) is 42.3 Å². The Morgan fingerprint density at radius 1 is 1.26 bits per heavy atom. The second kappa shape index (κ2) is 10.6. The van der Waals surface area contributed by atoms with Crippen LogP contribution in [0.5, 0.6) is 0 Å². The van der Waals surface area contributed by atoms with Crippen LogP contribution in [-0.4, -0.2) is 72.4 Å². The summed E-state index contributed by atoms with van der Waals surface area (Å²) in [6, 6.07) is 8.50. The molecular formula is C19H28N2O6. The summed E-state index contributed by atoms with van der Waals surface area (Å²) in [6.07, 6.45) is 1.08. The molecule has 0 amide bonds. The van der Waals surface area contributed by atoms with Gasteiger partial charge in [0.05, 0.1) is 19.0 Å². The lowest BCUT2D eigenvalue weighted by atomic mass is 9.93. The van der Waals surface area contributed by atoms with Crippen LogP contribution in [0.25, 0.3) is 0 Å². The van der Waals surface area contributed by atoms with Crippen molar-refractivity contribution in [2.24, 2.45) is 5.92 Å². The van der Waals surface area contributed by atoms with Gasteiger partial charge in [-0.05, 0) is 12.0 Å². The molecule has 1 aromatic rings. The SMILES string of the molecule is CC[C@H](CN(C)C=N)C(COC(Cc1ccccc1)(C(=O)O)C(=O)O)OC. The number of hydrogen-bond acceptors (Lipinski definition) is 5. The van der Waals surface area contributed by atoms with Crippen molar-refractivity contribution in [1.29, 1.82) is 5.41 Å². The lowest BCUT2D eigenvalue weighted by Gasteiger charge is -2.31. The minimum Gasteiger partial charge on any atom is -0.479 e. The number of rotatable bonds is 13. The predicted molar refractivity (Wildman–Crippen MR) is 100 cm³/mol. The molecule has 0 aliphatic carbocycles. The zero-order chi connectivity index (χ0) is 20.4. The number of nitrogens with one attached hydrogen (secondary N) is 1. The maximum absolute atomic E-state index is 11.8. The highest BCUT2D eigenvalue weighted by molar-refractivity contribution is 6.02. The molecule has 8 nitrogen and oxygen atoms in total. The van der Waals surface area contributed by atoms with Crippen LogP contribution in [-0.2, 0) is 25.5 Å². The van der Waals surface area contributed by atoms with Gasteiger partial charge in [0.15, 0.2) is 0 Å². The second-order valence-corrected chi connectivity index (χ2v) is 6.42.